The van der Waals surface area contributed by atoms with Gasteiger partial charge in [-0.1, -0.05) is 38.3 Å². The fourth-order valence-corrected chi connectivity index (χ4v) is 3.46. The van der Waals surface area contributed by atoms with Gasteiger partial charge in [-0.25, -0.2) is 4.39 Å². The Morgan fingerprint density at radius 2 is 2.00 bits per heavy atom. The highest BCUT2D eigenvalue weighted by Crippen LogP contribution is 2.20. The molecule has 1 N–H and O–H groups in total. The van der Waals surface area contributed by atoms with Crippen LogP contribution in [0.1, 0.15) is 37.0 Å². The molecule has 134 valence electrons. The molecule has 0 aliphatic carbocycles. The first kappa shape index (κ1) is 19.2. The minimum absolute atomic E-state index is 0.0321. The van der Waals surface area contributed by atoms with Crippen molar-refractivity contribution in [2.45, 2.75) is 32.7 Å². The molecule has 1 atom stereocenters. The number of rotatable bonds is 7. The van der Waals surface area contributed by atoms with Crippen molar-refractivity contribution < 1.29 is 13.9 Å². The van der Waals surface area contributed by atoms with Gasteiger partial charge in [0.05, 0.1) is 18.8 Å². The molecule has 1 fully saturated rings. The van der Waals surface area contributed by atoms with E-state index in [1.165, 1.54) is 12.1 Å². The number of nitrogens with zero attached hydrogens (tertiary/aromatic N) is 1. The van der Waals surface area contributed by atoms with E-state index in [0.717, 1.165) is 45.2 Å². The van der Waals surface area contributed by atoms with Gasteiger partial charge in [0.2, 0.25) is 0 Å². The van der Waals surface area contributed by atoms with Crippen molar-refractivity contribution in [2.75, 3.05) is 32.8 Å². The Balaban J connectivity index is 2.04. The quantitative estimate of drug-likeness (QED) is 0.814. The van der Waals surface area contributed by atoms with Crippen LogP contribution in [0.5, 0.6) is 0 Å². The van der Waals surface area contributed by atoms with Crippen LogP contribution in [0.3, 0.4) is 0 Å². The minimum Gasteiger partial charge on any atom is -0.379 e. The number of nitrogens with one attached hydrogen (secondary N) is 1. The third kappa shape index (κ3) is 4.91. The van der Waals surface area contributed by atoms with Crippen LogP contribution in [0, 0.1) is 11.7 Å². The van der Waals surface area contributed by atoms with E-state index < -0.39 is 11.7 Å². The lowest BCUT2D eigenvalue weighted by molar-refractivity contribution is 0.00190. The Bertz CT molecular complexity index is 546. The number of hydrogen-bond donors (Lipinski definition) is 1. The third-order valence-electron chi connectivity index (χ3n) is 4.76. The molecule has 1 aliphatic heterocycles. The van der Waals surface area contributed by atoms with Gasteiger partial charge >= 0.3 is 0 Å². The van der Waals surface area contributed by atoms with Gasteiger partial charge in [-0.05, 0) is 24.1 Å². The molecule has 0 unspecified atom stereocenters. The minimum atomic E-state index is -0.592. The molecule has 1 heterocycles. The fourth-order valence-electron chi connectivity index (χ4n) is 3.30. The number of hydrogen-bond acceptors (Lipinski definition) is 3. The molecule has 1 aromatic rings. The molecule has 0 saturated carbocycles. The maximum atomic E-state index is 13.9. The van der Waals surface area contributed by atoms with E-state index in [2.05, 4.69) is 24.1 Å². The molecule has 1 aliphatic rings. The predicted molar refractivity (Wildman–Crippen MR) is 94.0 cm³/mol. The van der Waals surface area contributed by atoms with E-state index in [4.69, 9.17) is 16.3 Å². The number of benzene rings is 1. The number of morpholine rings is 1. The van der Waals surface area contributed by atoms with E-state index >= 15 is 0 Å². The Hall–Kier alpha value is -1.17. The molecule has 6 heteroatoms. The molecular formula is C18H26ClFN2O2. The van der Waals surface area contributed by atoms with Gasteiger partial charge in [-0.2, -0.15) is 0 Å². The second-order valence-electron chi connectivity index (χ2n) is 6.13. The standard InChI is InChI=1S/C18H26ClFN2O2/c1-3-13(4-2)17(22-7-9-24-10-8-22)12-21-18(23)15-6-5-14(19)11-16(15)20/h5-6,11,13,17H,3-4,7-10,12H2,1-2H3,(H,21,23)/t17-/m0/s1. The lowest BCUT2D eigenvalue weighted by Gasteiger charge is -2.38. The average molecular weight is 357 g/mol. The summed E-state index contributed by atoms with van der Waals surface area (Å²) in [5, 5.41) is 3.19. The second kappa shape index (κ2) is 9.35. The third-order valence-corrected chi connectivity index (χ3v) is 4.99. The SMILES string of the molecule is CCC(CC)[C@H](CNC(=O)c1ccc(Cl)cc1F)N1CCOCC1. The van der Waals surface area contributed by atoms with Crippen LogP contribution in [0.2, 0.25) is 5.02 Å². The monoisotopic (exact) mass is 356 g/mol. The number of halogens is 2. The van der Waals surface area contributed by atoms with Crippen LogP contribution in [0.25, 0.3) is 0 Å². The van der Waals surface area contributed by atoms with Crippen molar-refractivity contribution in [1.82, 2.24) is 10.2 Å². The Morgan fingerprint density at radius 1 is 1.33 bits per heavy atom. The van der Waals surface area contributed by atoms with E-state index in [0.29, 0.717) is 12.5 Å². The first-order valence-corrected chi connectivity index (χ1v) is 8.99. The zero-order valence-corrected chi connectivity index (χ0v) is 15.1. The van der Waals surface area contributed by atoms with Crippen molar-refractivity contribution >= 4 is 17.5 Å². The smallest absolute Gasteiger partial charge is 0.254 e. The van der Waals surface area contributed by atoms with Crippen LogP contribution in [0.15, 0.2) is 18.2 Å². The summed E-state index contributed by atoms with van der Waals surface area (Å²) in [5.41, 5.74) is 0.0321. The maximum Gasteiger partial charge on any atom is 0.254 e. The van der Waals surface area contributed by atoms with E-state index in [1.807, 2.05) is 0 Å². The number of carbonyl (C=O) groups is 1. The summed E-state index contributed by atoms with van der Waals surface area (Å²) >= 11 is 5.74. The van der Waals surface area contributed by atoms with Crippen LogP contribution in [0.4, 0.5) is 4.39 Å². The van der Waals surface area contributed by atoms with Crippen LogP contribution in [-0.4, -0.2) is 49.7 Å². The van der Waals surface area contributed by atoms with Gasteiger partial charge in [0.15, 0.2) is 0 Å². The molecule has 4 nitrogen and oxygen atoms in total. The van der Waals surface area contributed by atoms with Crippen LogP contribution in [-0.2, 0) is 4.74 Å². The van der Waals surface area contributed by atoms with Crippen LogP contribution < -0.4 is 5.32 Å². The lowest BCUT2D eigenvalue weighted by atomic mass is 9.92. The zero-order chi connectivity index (χ0) is 17.5. The van der Waals surface area contributed by atoms with E-state index in [9.17, 15) is 9.18 Å². The zero-order valence-electron chi connectivity index (χ0n) is 14.4. The van der Waals surface area contributed by atoms with Crippen molar-refractivity contribution in [1.29, 1.82) is 0 Å². The van der Waals surface area contributed by atoms with Crippen molar-refractivity contribution in [3.8, 4) is 0 Å². The van der Waals surface area contributed by atoms with Gasteiger partial charge in [0.1, 0.15) is 5.82 Å². The highest BCUT2D eigenvalue weighted by atomic mass is 35.5. The highest BCUT2D eigenvalue weighted by Gasteiger charge is 2.27. The van der Waals surface area contributed by atoms with Gasteiger partial charge in [0, 0.05) is 30.7 Å². The first-order valence-electron chi connectivity index (χ1n) is 8.61. The predicted octanol–water partition coefficient (Wildman–Crippen LogP) is 3.35. The molecule has 1 aromatic carbocycles. The Kier molecular flexibility index (Phi) is 7.46. The van der Waals surface area contributed by atoms with Gasteiger partial charge in [-0.3, -0.25) is 9.69 Å². The molecule has 1 saturated heterocycles. The molecular weight excluding hydrogens is 331 g/mol. The average Bonchev–Trinajstić information content (AvgIpc) is 2.59. The van der Waals surface area contributed by atoms with Crippen molar-refractivity contribution in [2.24, 2.45) is 5.92 Å². The topological polar surface area (TPSA) is 41.6 Å². The summed E-state index contributed by atoms with van der Waals surface area (Å²) in [6, 6.07) is 4.35. The number of carbonyl (C=O) groups excluding carboxylic acids is 1. The molecule has 2 rings (SSSR count). The summed E-state index contributed by atoms with van der Waals surface area (Å²) in [7, 11) is 0. The van der Waals surface area contributed by atoms with Crippen molar-refractivity contribution in [3.63, 3.8) is 0 Å². The molecule has 1 amide bonds. The van der Waals surface area contributed by atoms with E-state index in [1.54, 1.807) is 0 Å². The summed E-state index contributed by atoms with van der Waals surface area (Å²) < 4.78 is 19.3. The van der Waals surface area contributed by atoms with E-state index in [-0.39, 0.29) is 16.6 Å². The number of amides is 1. The lowest BCUT2D eigenvalue weighted by Crippen LogP contribution is -2.52. The van der Waals surface area contributed by atoms with Gasteiger partial charge < -0.3 is 10.1 Å². The van der Waals surface area contributed by atoms with Crippen molar-refractivity contribution in [3.05, 3.63) is 34.6 Å². The first-order chi connectivity index (χ1) is 11.6. The van der Waals surface area contributed by atoms with Crippen LogP contribution >= 0.6 is 11.6 Å². The molecule has 0 spiro atoms. The Labute approximate surface area is 148 Å². The highest BCUT2D eigenvalue weighted by molar-refractivity contribution is 6.30. The summed E-state index contributed by atoms with van der Waals surface area (Å²) in [4.78, 5) is 14.7. The molecule has 24 heavy (non-hydrogen) atoms. The molecule has 0 bridgehead atoms. The second-order valence-corrected chi connectivity index (χ2v) is 6.56. The van der Waals surface area contributed by atoms with Gasteiger partial charge in [-0.15, -0.1) is 0 Å². The summed E-state index contributed by atoms with van der Waals surface area (Å²) in [6.45, 7) is 8.02. The Morgan fingerprint density at radius 3 is 2.58 bits per heavy atom. The fraction of sp³-hybridized carbons (Fsp3) is 0.611. The molecule has 0 radical (unpaired) electrons. The molecule has 0 aromatic heterocycles. The normalized spacial score (nSPS) is 17.0. The summed E-state index contributed by atoms with van der Waals surface area (Å²) in [6.07, 6.45) is 2.09. The summed E-state index contributed by atoms with van der Waals surface area (Å²) in [5.74, 6) is -0.502. The number of ether oxygens (including phenoxy) is 1. The van der Waals surface area contributed by atoms with Gasteiger partial charge in [0.25, 0.3) is 5.91 Å². The maximum absolute atomic E-state index is 13.9. The largest absolute Gasteiger partial charge is 0.379 e.